The van der Waals surface area contributed by atoms with Crippen LogP contribution in [0.1, 0.15) is 98.8 Å². The fourth-order valence-corrected chi connectivity index (χ4v) is 8.79. The maximum atomic E-state index is 10.8. The van der Waals surface area contributed by atoms with Crippen molar-refractivity contribution >= 4 is 15.7 Å². The second kappa shape index (κ2) is 7.93. The highest BCUT2D eigenvalue weighted by Crippen LogP contribution is 2.67. The van der Waals surface area contributed by atoms with Crippen LogP contribution in [0.4, 0.5) is 0 Å². The first-order valence-corrected chi connectivity index (χ1v) is 13.4. The summed E-state index contributed by atoms with van der Waals surface area (Å²) in [6, 6.07) is 0. The lowest BCUT2D eigenvalue weighted by atomic mass is 9.45. The number of hydrogen-bond acceptors (Lipinski definition) is 2. The largest absolute Gasteiger partial charge is 0.399 e. The molecule has 0 aliphatic heterocycles. The van der Waals surface area contributed by atoms with Gasteiger partial charge in [0.25, 0.3) is 0 Å². The van der Waals surface area contributed by atoms with E-state index in [1.165, 1.54) is 38.5 Å². The third kappa shape index (κ3) is 4.01. The Hall–Kier alpha value is -0.210. The predicted octanol–water partition coefficient (Wildman–Crippen LogP) is 4.28. The normalized spacial score (nSPS) is 47.7. The van der Waals surface area contributed by atoms with E-state index in [9.17, 15) is 10.2 Å². The van der Waals surface area contributed by atoms with E-state index in [4.69, 9.17) is 0 Å². The van der Waals surface area contributed by atoms with Crippen LogP contribution in [0.3, 0.4) is 0 Å². The first kappa shape index (κ1) is 23.9. The van der Waals surface area contributed by atoms with Crippen LogP contribution < -0.4 is 0 Å². The van der Waals surface area contributed by atoms with E-state index in [0.717, 1.165) is 49.4 Å². The molecule has 4 rings (SSSR count). The molecule has 4 aliphatic carbocycles. The van der Waals surface area contributed by atoms with Crippen LogP contribution in [0.15, 0.2) is 11.6 Å². The minimum atomic E-state index is -0.536. The summed E-state index contributed by atoms with van der Waals surface area (Å²) in [6.45, 7) is 11.9. The number of hydrogen-bond donors (Lipinski definition) is 2. The minimum absolute atomic E-state index is 0.322. The summed E-state index contributed by atoms with van der Waals surface area (Å²) in [7, 11) is 4.07. The van der Waals surface area contributed by atoms with E-state index >= 15 is 0 Å². The molecule has 0 unspecified atom stereocenters. The Bertz CT molecular complexity index is 714. The third-order valence-electron chi connectivity index (χ3n) is 11.5. The molecule has 31 heavy (non-hydrogen) atoms. The van der Waals surface area contributed by atoms with E-state index in [2.05, 4.69) is 40.7 Å². The van der Waals surface area contributed by atoms with Gasteiger partial charge in [-0.1, -0.05) is 46.3 Å². The van der Waals surface area contributed by atoms with E-state index in [-0.39, 0.29) is 0 Å². The van der Waals surface area contributed by atoms with Crippen molar-refractivity contribution in [2.75, 3.05) is 0 Å². The first-order chi connectivity index (χ1) is 14.3. The zero-order valence-corrected chi connectivity index (χ0v) is 21.5. The number of rotatable bonds is 5. The second-order valence-electron chi connectivity index (χ2n) is 13.7. The predicted molar refractivity (Wildman–Crippen MR) is 135 cm³/mol. The minimum Gasteiger partial charge on any atom is -0.399 e. The summed E-state index contributed by atoms with van der Waals surface area (Å²) in [4.78, 5) is 0. The lowest BCUT2D eigenvalue weighted by Crippen LogP contribution is -2.52. The molecule has 4 aliphatic rings. The Labute approximate surface area is 193 Å². The molecule has 0 spiro atoms. The van der Waals surface area contributed by atoms with Crippen molar-refractivity contribution in [3.05, 3.63) is 11.6 Å². The Morgan fingerprint density at radius 3 is 2.48 bits per heavy atom. The van der Waals surface area contributed by atoms with Crippen molar-refractivity contribution in [3.63, 3.8) is 0 Å². The molecular weight excluding hydrogens is 378 g/mol. The number of fused-ring (bicyclic) bond motifs is 5. The topological polar surface area (TPSA) is 40.5 Å². The summed E-state index contributed by atoms with van der Waals surface area (Å²) >= 11 is 0. The average molecular weight is 426 g/mol. The Kier molecular flexibility index (Phi) is 6.12. The van der Waals surface area contributed by atoms with Crippen LogP contribution in [0, 0.1) is 46.3 Å². The molecule has 2 N–H and O–H groups in total. The molecule has 9 atom stereocenters. The van der Waals surface area contributed by atoms with Gasteiger partial charge in [-0.15, -0.1) is 0 Å². The molecule has 0 aromatic rings. The van der Waals surface area contributed by atoms with Crippen molar-refractivity contribution in [1.82, 2.24) is 0 Å². The lowest BCUT2D eigenvalue weighted by molar-refractivity contribution is -0.0621. The van der Waals surface area contributed by atoms with Crippen molar-refractivity contribution in [2.24, 2.45) is 46.3 Å². The zero-order chi connectivity index (χ0) is 22.8. The molecule has 0 saturated heterocycles. The monoisotopic (exact) mass is 426 g/mol. The lowest BCUT2D eigenvalue weighted by Gasteiger charge is -2.59. The Morgan fingerprint density at radius 2 is 1.81 bits per heavy atom. The Balaban J connectivity index is 1.49. The third-order valence-corrected chi connectivity index (χ3v) is 11.5. The summed E-state index contributed by atoms with van der Waals surface area (Å²) in [5.41, 5.74) is 1.35. The van der Waals surface area contributed by atoms with Crippen molar-refractivity contribution in [3.8, 4) is 0 Å². The van der Waals surface area contributed by atoms with E-state index in [1.807, 2.05) is 15.7 Å². The van der Waals surface area contributed by atoms with E-state index < -0.39 is 11.0 Å². The summed E-state index contributed by atoms with van der Waals surface area (Å²) < 4.78 is 0. The van der Waals surface area contributed by atoms with Crippen LogP contribution in [0.5, 0.6) is 0 Å². The summed E-state index contributed by atoms with van der Waals surface area (Å²) in [5, 5.41) is 21.5. The van der Waals surface area contributed by atoms with Gasteiger partial charge in [-0.25, -0.2) is 0 Å². The van der Waals surface area contributed by atoms with Gasteiger partial charge in [0.15, 0.2) is 0 Å². The summed E-state index contributed by atoms with van der Waals surface area (Å²) in [6.07, 6.45) is 14.5. The average Bonchev–Trinajstić information content (AvgIpc) is 3.04. The van der Waals surface area contributed by atoms with Crippen molar-refractivity contribution in [2.45, 2.75) is 110 Å². The van der Waals surface area contributed by atoms with Gasteiger partial charge in [0.1, 0.15) is 15.7 Å². The maximum Gasteiger partial charge on any atom is 0.143 e. The fraction of sp³-hybridized carbons (Fsp3) is 0.926. The second-order valence-corrected chi connectivity index (χ2v) is 13.7. The SMILES string of the molecule is B[C@]1(O)CC[C@@]2(C)C(=CC[C@H]3[C@@H]4CC[C@H]([C@H](C)CC[C@@](B)(O)C(C)C)[C@@]4(C)CC[C@@H]32)C1. The van der Waals surface area contributed by atoms with Crippen molar-refractivity contribution < 1.29 is 10.2 Å². The highest BCUT2D eigenvalue weighted by Gasteiger charge is 2.59. The van der Waals surface area contributed by atoms with Crippen LogP contribution in [0.25, 0.3) is 0 Å². The smallest absolute Gasteiger partial charge is 0.143 e. The molecule has 0 amide bonds. The molecule has 4 heteroatoms. The highest BCUT2D eigenvalue weighted by atomic mass is 16.3. The van der Waals surface area contributed by atoms with Gasteiger partial charge in [-0.05, 0) is 111 Å². The fourth-order valence-electron chi connectivity index (χ4n) is 8.79. The number of allylic oxidation sites excluding steroid dienone is 1. The molecule has 0 radical (unpaired) electrons. The summed E-state index contributed by atoms with van der Waals surface area (Å²) in [5.74, 6) is 4.35. The van der Waals surface area contributed by atoms with Crippen molar-refractivity contribution in [1.29, 1.82) is 0 Å². The molecule has 0 bridgehead atoms. The van der Waals surface area contributed by atoms with Gasteiger partial charge in [-0.3, -0.25) is 0 Å². The van der Waals surface area contributed by atoms with Gasteiger partial charge < -0.3 is 10.2 Å². The van der Waals surface area contributed by atoms with Crippen LogP contribution in [0.2, 0.25) is 0 Å². The van der Waals surface area contributed by atoms with Gasteiger partial charge in [0.05, 0.1) is 0 Å². The van der Waals surface area contributed by atoms with Gasteiger partial charge in [0, 0.05) is 11.0 Å². The molecule has 3 saturated carbocycles. The quantitative estimate of drug-likeness (QED) is 0.509. The molecule has 0 aromatic carbocycles. The standard InChI is InChI=1S/C27H48B2O2/c1-17(2)27(29,31)13-10-18(3)21-8-9-22-20-7-6-19-16-26(28,30)15-14-24(19,4)23(20)11-12-25(21,22)5/h6,17-18,20-23,30-31H,7-16,28-29H2,1-5H3/t18-,20+,21-,22+,23+,24+,25-,26+,27-/m1/s1. The van der Waals surface area contributed by atoms with Gasteiger partial charge in [-0.2, -0.15) is 0 Å². The first-order valence-electron chi connectivity index (χ1n) is 13.4. The molecule has 3 fully saturated rings. The molecule has 0 aromatic heterocycles. The van der Waals surface area contributed by atoms with Gasteiger partial charge in [0.2, 0.25) is 0 Å². The van der Waals surface area contributed by atoms with E-state index in [1.54, 1.807) is 5.57 Å². The van der Waals surface area contributed by atoms with Crippen LogP contribution in [-0.4, -0.2) is 36.9 Å². The van der Waals surface area contributed by atoms with Gasteiger partial charge >= 0.3 is 0 Å². The maximum absolute atomic E-state index is 10.8. The van der Waals surface area contributed by atoms with Crippen LogP contribution in [-0.2, 0) is 0 Å². The Morgan fingerprint density at radius 1 is 1.10 bits per heavy atom. The molecule has 0 heterocycles. The number of aliphatic hydroxyl groups is 2. The van der Waals surface area contributed by atoms with E-state index in [0.29, 0.717) is 22.7 Å². The zero-order valence-electron chi connectivity index (χ0n) is 21.5. The molecule has 2 nitrogen and oxygen atoms in total. The van der Waals surface area contributed by atoms with Crippen LogP contribution >= 0.6 is 0 Å². The molecular formula is C27H48B2O2. The highest BCUT2D eigenvalue weighted by molar-refractivity contribution is 6.14. The molecule has 174 valence electrons.